The lowest BCUT2D eigenvalue weighted by Crippen LogP contribution is -2.06. The maximum Gasteiger partial charge on any atom is 0.335 e. The van der Waals surface area contributed by atoms with Crippen molar-refractivity contribution in [1.29, 1.82) is 0 Å². The molecule has 0 aliphatic heterocycles. The normalized spacial score (nSPS) is 10.3. The summed E-state index contributed by atoms with van der Waals surface area (Å²) >= 11 is 0. The average Bonchev–Trinajstić information content (AvgIpc) is 2.41. The van der Waals surface area contributed by atoms with Crippen molar-refractivity contribution in [3.63, 3.8) is 0 Å². The summed E-state index contributed by atoms with van der Waals surface area (Å²) in [5.74, 6) is -3.13. The predicted molar refractivity (Wildman–Crippen MR) is 67.0 cm³/mol. The molecular formula is C14H10F3NO2. The highest BCUT2D eigenvalue weighted by Crippen LogP contribution is 2.18. The molecule has 0 bridgehead atoms. The number of carbonyl (C=O) groups is 1. The lowest BCUT2D eigenvalue weighted by molar-refractivity contribution is 0.0696. The first-order chi connectivity index (χ1) is 9.47. The van der Waals surface area contributed by atoms with Crippen molar-refractivity contribution in [3.05, 3.63) is 65.0 Å². The Labute approximate surface area is 112 Å². The molecule has 3 nitrogen and oxygen atoms in total. The third-order valence-electron chi connectivity index (χ3n) is 2.69. The second-order valence-corrected chi connectivity index (χ2v) is 4.09. The molecule has 0 aromatic heterocycles. The standard InChI is InChI=1S/C14H10F3NO2/c15-10-2-4-12(17)13(6-10)18-7-9-5-8(14(19)20)1-3-11(9)16/h1-6,18H,7H2,(H,19,20). The maximum absolute atomic E-state index is 13.5. The van der Waals surface area contributed by atoms with Crippen LogP contribution in [-0.4, -0.2) is 11.1 Å². The van der Waals surface area contributed by atoms with Crippen molar-refractivity contribution in [2.75, 3.05) is 5.32 Å². The van der Waals surface area contributed by atoms with Gasteiger partial charge in [-0.2, -0.15) is 0 Å². The fourth-order valence-electron chi connectivity index (χ4n) is 1.67. The van der Waals surface area contributed by atoms with Crippen molar-refractivity contribution in [1.82, 2.24) is 0 Å². The van der Waals surface area contributed by atoms with E-state index in [-0.39, 0.29) is 23.4 Å². The number of benzene rings is 2. The number of anilines is 1. The minimum atomic E-state index is -1.19. The van der Waals surface area contributed by atoms with Gasteiger partial charge < -0.3 is 10.4 Å². The minimum Gasteiger partial charge on any atom is -0.478 e. The molecule has 6 heteroatoms. The molecule has 0 spiro atoms. The minimum absolute atomic E-state index is 0.0496. The Hall–Kier alpha value is -2.50. The number of nitrogens with one attached hydrogen (secondary N) is 1. The van der Waals surface area contributed by atoms with Gasteiger partial charge in [0.25, 0.3) is 0 Å². The quantitative estimate of drug-likeness (QED) is 0.902. The lowest BCUT2D eigenvalue weighted by atomic mass is 10.1. The van der Waals surface area contributed by atoms with Gasteiger partial charge in [-0.15, -0.1) is 0 Å². The van der Waals surface area contributed by atoms with Crippen molar-refractivity contribution >= 4 is 11.7 Å². The Balaban J connectivity index is 2.20. The molecule has 0 unspecified atom stereocenters. The van der Waals surface area contributed by atoms with Crippen LogP contribution in [0.1, 0.15) is 15.9 Å². The van der Waals surface area contributed by atoms with E-state index in [4.69, 9.17) is 5.11 Å². The lowest BCUT2D eigenvalue weighted by Gasteiger charge is -2.09. The largest absolute Gasteiger partial charge is 0.478 e. The SMILES string of the molecule is O=C(O)c1ccc(F)c(CNc2cc(F)ccc2F)c1. The molecule has 0 amide bonds. The number of aromatic carboxylic acids is 1. The summed E-state index contributed by atoms with van der Waals surface area (Å²) in [6.45, 7) is -0.159. The van der Waals surface area contributed by atoms with Crippen molar-refractivity contribution in [2.45, 2.75) is 6.54 Å². The highest BCUT2D eigenvalue weighted by Gasteiger charge is 2.09. The summed E-state index contributed by atoms with van der Waals surface area (Å²) in [7, 11) is 0. The Bertz CT molecular complexity index is 659. The fraction of sp³-hybridized carbons (Fsp3) is 0.0714. The second kappa shape index (κ2) is 5.64. The van der Waals surface area contributed by atoms with Crippen molar-refractivity contribution in [2.24, 2.45) is 0 Å². The molecule has 0 fully saturated rings. The molecule has 2 aromatic carbocycles. The number of carboxylic acids is 1. The predicted octanol–water partition coefficient (Wildman–Crippen LogP) is 3.41. The van der Waals surface area contributed by atoms with E-state index in [0.717, 1.165) is 36.4 Å². The third kappa shape index (κ3) is 3.09. The first-order valence-corrected chi connectivity index (χ1v) is 5.68. The third-order valence-corrected chi connectivity index (χ3v) is 2.69. The molecule has 2 N–H and O–H groups in total. The van der Waals surface area contributed by atoms with Crippen LogP contribution < -0.4 is 5.32 Å². The van der Waals surface area contributed by atoms with Gasteiger partial charge in [0.1, 0.15) is 17.5 Å². The van der Waals surface area contributed by atoms with Crippen molar-refractivity contribution < 1.29 is 23.1 Å². The van der Waals surface area contributed by atoms with Gasteiger partial charge in [0, 0.05) is 12.1 Å². The van der Waals surface area contributed by atoms with E-state index >= 15 is 0 Å². The maximum atomic E-state index is 13.5. The Kier molecular flexibility index (Phi) is 3.93. The first kappa shape index (κ1) is 13.9. The molecular weight excluding hydrogens is 271 g/mol. The van der Waals surface area contributed by atoms with Gasteiger partial charge in [0.05, 0.1) is 11.3 Å². The summed E-state index contributed by atoms with van der Waals surface area (Å²) in [5, 5.41) is 11.3. The molecule has 20 heavy (non-hydrogen) atoms. The Morgan fingerprint density at radius 3 is 2.45 bits per heavy atom. The van der Waals surface area contributed by atoms with Gasteiger partial charge in [-0.3, -0.25) is 0 Å². The Morgan fingerprint density at radius 1 is 1.05 bits per heavy atom. The fourth-order valence-corrected chi connectivity index (χ4v) is 1.67. The van der Waals surface area contributed by atoms with E-state index in [0.29, 0.717) is 0 Å². The van der Waals surface area contributed by atoms with E-state index in [1.165, 1.54) is 0 Å². The van der Waals surface area contributed by atoms with Gasteiger partial charge in [-0.25, -0.2) is 18.0 Å². The van der Waals surface area contributed by atoms with Crippen LogP contribution in [0.2, 0.25) is 0 Å². The molecule has 0 aliphatic rings. The van der Waals surface area contributed by atoms with Crippen LogP contribution in [0.3, 0.4) is 0 Å². The van der Waals surface area contributed by atoms with Crippen LogP contribution in [-0.2, 0) is 6.54 Å². The second-order valence-electron chi connectivity index (χ2n) is 4.09. The molecule has 0 heterocycles. The van der Waals surface area contributed by atoms with Crippen LogP contribution >= 0.6 is 0 Å². The number of halogens is 3. The monoisotopic (exact) mass is 281 g/mol. The highest BCUT2D eigenvalue weighted by atomic mass is 19.1. The van der Waals surface area contributed by atoms with E-state index in [2.05, 4.69) is 5.32 Å². The Morgan fingerprint density at radius 2 is 1.75 bits per heavy atom. The number of hydrogen-bond acceptors (Lipinski definition) is 2. The van der Waals surface area contributed by atoms with E-state index < -0.39 is 23.4 Å². The van der Waals surface area contributed by atoms with E-state index in [9.17, 15) is 18.0 Å². The number of hydrogen-bond donors (Lipinski definition) is 2. The molecule has 0 radical (unpaired) electrons. The zero-order valence-electron chi connectivity index (χ0n) is 10.2. The zero-order chi connectivity index (χ0) is 14.7. The van der Waals surface area contributed by atoms with Gasteiger partial charge in [0.15, 0.2) is 0 Å². The van der Waals surface area contributed by atoms with Gasteiger partial charge in [0.2, 0.25) is 0 Å². The van der Waals surface area contributed by atoms with E-state index in [1.807, 2.05) is 0 Å². The van der Waals surface area contributed by atoms with Crippen LogP contribution in [0.25, 0.3) is 0 Å². The summed E-state index contributed by atoms with van der Waals surface area (Å²) in [6, 6.07) is 6.14. The van der Waals surface area contributed by atoms with E-state index in [1.54, 1.807) is 0 Å². The average molecular weight is 281 g/mol. The van der Waals surface area contributed by atoms with Gasteiger partial charge in [-0.1, -0.05) is 0 Å². The zero-order valence-corrected chi connectivity index (χ0v) is 10.2. The van der Waals surface area contributed by atoms with Gasteiger partial charge in [-0.05, 0) is 36.4 Å². The number of rotatable bonds is 4. The van der Waals surface area contributed by atoms with Crippen LogP contribution in [0.4, 0.5) is 18.9 Å². The van der Waals surface area contributed by atoms with Crippen molar-refractivity contribution in [3.8, 4) is 0 Å². The molecule has 0 saturated heterocycles. The molecule has 104 valence electrons. The van der Waals surface area contributed by atoms with Gasteiger partial charge >= 0.3 is 5.97 Å². The summed E-state index contributed by atoms with van der Waals surface area (Å²) < 4.78 is 39.8. The summed E-state index contributed by atoms with van der Waals surface area (Å²) in [6.07, 6.45) is 0. The molecule has 0 atom stereocenters. The molecule has 2 rings (SSSR count). The van der Waals surface area contributed by atoms with Crippen LogP contribution in [0.15, 0.2) is 36.4 Å². The topological polar surface area (TPSA) is 49.3 Å². The summed E-state index contributed by atoms with van der Waals surface area (Å²) in [4.78, 5) is 10.8. The molecule has 2 aromatic rings. The van der Waals surface area contributed by atoms with Crippen LogP contribution in [0.5, 0.6) is 0 Å². The van der Waals surface area contributed by atoms with Crippen LogP contribution in [0, 0.1) is 17.5 Å². The summed E-state index contributed by atoms with van der Waals surface area (Å²) in [5.41, 5.74) is -0.151. The highest BCUT2D eigenvalue weighted by molar-refractivity contribution is 5.87. The molecule has 0 aliphatic carbocycles. The number of carboxylic acid groups (broad SMARTS) is 1. The molecule has 0 saturated carbocycles. The first-order valence-electron chi connectivity index (χ1n) is 5.68. The smallest absolute Gasteiger partial charge is 0.335 e.